The van der Waals surface area contributed by atoms with Crippen LogP contribution in [-0.4, -0.2) is 4.98 Å². The normalized spacial score (nSPS) is 10.4. The topological polar surface area (TPSA) is 48.1 Å². The monoisotopic (exact) mass is 262 g/mol. The summed E-state index contributed by atoms with van der Waals surface area (Å²) in [5, 5.41) is 0.562. The van der Waals surface area contributed by atoms with Crippen LogP contribution in [-0.2, 0) is 13.0 Å². The van der Waals surface area contributed by atoms with E-state index in [1.807, 2.05) is 18.2 Å². The molecule has 4 heteroatoms. The minimum absolute atomic E-state index is 0.297. The molecule has 0 aliphatic heterocycles. The molecule has 2 N–H and O–H groups in total. The molecule has 1 heterocycles. The number of aryl methyl sites for hydroxylation is 1. The molecular formula is C14H15ClN2O. The van der Waals surface area contributed by atoms with Crippen molar-refractivity contribution in [1.82, 2.24) is 4.98 Å². The maximum absolute atomic E-state index is 5.95. The highest BCUT2D eigenvalue weighted by Gasteiger charge is 2.04. The molecule has 0 bridgehead atoms. The third-order valence-electron chi connectivity index (χ3n) is 2.62. The van der Waals surface area contributed by atoms with Crippen molar-refractivity contribution in [2.75, 3.05) is 0 Å². The first-order chi connectivity index (χ1) is 8.72. The van der Waals surface area contributed by atoms with Gasteiger partial charge in [-0.05, 0) is 30.2 Å². The Morgan fingerprint density at radius 3 is 2.83 bits per heavy atom. The van der Waals surface area contributed by atoms with E-state index >= 15 is 0 Å². The van der Waals surface area contributed by atoms with E-state index in [2.05, 4.69) is 18.0 Å². The number of rotatable bonds is 4. The standard InChI is InChI=1S/C14H15ClN2O/c1-2-10-4-3-5-11(8-10)18-14-7-6-12(15)13(9-16)17-14/h3-8H,2,9,16H2,1H3. The summed E-state index contributed by atoms with van der Waals surface area (Å²) in [6.07, 6.45) is 0.972. The van der Waals surface area contributed by atoms with Crippen LogP contribution in [0.25, 0.3) is 0 Å². The quantitative estimate of drug-likeness (QED) is 0.917. The molecule has 1 aromatic heterocycles. The average Bonchev–Trinajstić information content (AvgIpc) is 2.41. The molecular weight excluding hydrogens is 248 g/mol. The fraction of sp³-hybridized carbons (Fsp3) is 0.214. The number of pyridine rings is 1. The Hall–Kier alpha value is -1.58. The second kappa shape index (κ2) is 5.85. The lowest BCUT2D eigenvalue weighted by Gasteiger charge is -2.08. The molecule has 0 saturated heterocycles. The zero-order chi connectivity index (χ0) is 13.0. The molecule has 0 unspecified atom stereocenters. The highest BCUT2D eigenvalue weighted by molar-refractivity contribution is 6.31. The van der Waals surface area contributed by atoms with Gasteiger partial charge in [0.2, 0.25) is 5.88 Å². The Bertz CT molecular complexity index is 543. The summed E-state index contributed by atoms with van der Waals surface area (Å²) in [5.41, 5.74) is 7.42. The van der Waals surface area contributed by atoms with E-state index in [0.717, 1.165) is 12.2 Å². The van der Waals surface area contributed by atoms with E-state index in [9.17, 15) is 0 Å². The summed E-state index contributed by atoms with van der Waals surface area (Å²) in [7, 11) is 0. The van der Waals surface area contributed by atoms with E-state index in [0.29, 0.717) is 23.1 Å². The van der Waals surface area contributed by atoms with Gasteiger partial charge in [0.05, 0.1) is 10.7 Å². The van der Waals surface area contributed by atoms with Crippen molar-refractivity contribution in [3.63, 3.8) is 0 Å². The van der Waals surface area contributed by atoms with Crippen LogP contribution in [0.3, 0.4) is 0 Å². The highest BCUT2D eigenvalue weighted by Crippen LogP contribution is 2.23. The van der Waals surface area contributed by atoms with Gasteiger partial charge in [-0.3, -0.25) is 0 Å². The molecule has 3 nitrogen and oxygen atoms in total. The molecule has 0 aliphatic rings. The zero-order valence-corrected chi connectivity index (χ0v) is 10.9. The highest BCUT2D eigenvalue weighted by atomic mass is 35.5. The van der Waals surface area contributed by atoms with Crippen LogP contribution in [0.4, 0.5) is 0 Å². The van der Waals surface area contributed by atoms with Gasteiger partial charge in [-0.1, -0.05) is 30.7 Å². The zero-order valence-electron chi connectivity index (χ0n) is 10.2. The molecule has 0 radical (unpaired) electrons. The van der Waals surface area contributed by atoms with Gasteiger partial charge in [-0.25, -0.2) is 4.98 Å². The maximum atomic E-state index is 5.95. The number of benzene rings is 1. The van der Waals surface area contributed by atoms with Gasteiger partial charge < -0.3 is 10.5 Å². The van der Waals surface area contributed by atoms with Crippen molar-refractivity contribution in [3.05, 3.63) is 52.7 Å². The van der Waals surface area contributed by atoms with Crippen molar-refractivity contribution in [1.29, 1.82) is 0 Å². The van der Waals surface area contributed by atoms with Gasteiger partial charge in [-0.2, -0.15) is 0 Å². The molecule has 18 heavy (non-hydrogen) atoms. The first-order valence-corrected chi connectivity index (χ1v) is 6.23. The van der Waals surface area contributed by atoms with Crippen LogP contribution < -0.4 is 10.5 Å². The third kappa shape index (κ3) is 3.00. The molecule has 1 aromatic carbocycles. The van der Waals surface area contributed by atoms with E-state index < -0.39 is 0 Å². The summed E-state index contributed by atoms with van der Waals surface area (Å²) in [5.74, 6) is 1.28. The fourth-order valence-electron chi connectivity index (χ4n) is 1.61. The lowest BCUT2D eigenvalue weighted by atomic mass is 10.2. The van der Waals surface area contributed by atoms with Crippen molar-refractivity contribution in [3.8, 4) is 11.6 Å². The Kier molecular flexibility index (Phi) is 4.18. The van der Waals surface area contributed by atoms with Crippen LogP contribution >= 0.6 is 11.6 Å². The predicted octanol–water partition coefficient (Wildman–Crippen LogP) is 3.55. The van der Waals surface area contributed by atoms with Crippen molar-refractivity contribution in [2.24, 2.45) is 5.73 Å². The molecule has 2 aromatic rings. The van der Waals surface area contributed by atoms with Gasteiger partial charge in [0, 0.05) is 12.6 Å². The maximum Gasteiger partial charge on any atom is 0.219 e. The van der Waals surface area contributed by atoms with Gasteiger partial charge in [0.1, 0.15) is 5.75 Å². The van der Waals surface area contributed by atoms with E-state index in [4.69, 9.17) is 22.1 Å². The second-order valence-corrected chi connectivity index (χ2v) is 4.29. The summed E-state index contributed by atoms with van der Waals surface area (Å²) in [6.45, 7) is 2.40. The van der Waals surface area contributed by atoms with E-state index in [-0.39, 0.29) is 0 Å². The number of halogens is 1. The molecule has 94 valence electrons. The van der Waals surface area contributed by atoms with Crippen LogP contribution in [0.1, 0.15) is 18.2 Å². The summed E-state index contributed by atoms with van der Waals surface area (Å²) < 4.78 is 5.69. The van der Waals surface area contributed by atoms with Crippen LogP contribution in [0.2, 0.25) is 5.02 Å². The number of nitrogens with two attached hydrogens (primary N) is 1. The minimum atomic E-state index is 0.297. The summed E-state index contributed by atoms with van der Waals surface area (Å²) in [6, 6.07) is 11.4. The smallest absolute Gasteiger partial charge is 0.219 e. The largest absolute Gasteiger partial charge is 0.439 e. The second-order valence-electron chi connectivity index (χ2n) is 3.89. The van der Waals surface area contributed by atoms with E-state index in [1.165, 1.54) is 5.56 Å². The Balaban J connectivity index is 2.22. The van der Waals surface area contributed by atoms with E-state index in [1.54, 1.807) is 12.1 Å². The van der Waals surface area contributed by atoms with Crippen molar-refractivity contribution >= 4 is 11.6 Å². The molecule has 2 rings (SSSR count). The summed E-state index contributed by atoms with van der Waals surface area (Å²) >= 11 is 5.95. The average molecular weight is 263 g/mol. The van der Waals surface area contributed by atoms with Gasteiger partial charge in [0.15, 0.2) is 0 Å². The number of aromatic nitrogens is 1. The Morgan fingerprint density at radius 1 is 1.28 bits per heavy atom. The molecule has 0 spiro atoms. The minimum Gasteiger partial charge on any atom is -0.439 e. The lowest BCUT2D eigenvalue weighted by Crippen LogP contribution is -2.01. The molecule has 0 saturated carbocycles. The third-order valence-corrected chi connectivity index (χ3v) is 2.96. The van der Waals surface area contributed by atoms with Gasteiger partial charge >= 0.3 is 0 Å². The number of nitrogens with zero attached hydrogens (tertiary/aromatic N) is 1. The lowest BCUT2D eigenvalue weighted by molar-refractivity contribution is 0.460. The SMILES string of the molecule is CCc1cccc(Oc2ccc(Cl)c(CN)n2)c1. The van der Waals surface area contributed by atoms with Gasteiger partial charge in [0.25, 0.3) is 0 Å². The molecule has 0 atom stereocenters. The molecule has 0 amide bonds. The number of hydrogen-bond donors (Lipinski definition) is 1. The van der Waals surface area contributed by atoms with Crippen molar-refractivity contribution < 1.29 is 4.74 Å². The number of hydrogen-bond acceptors (Lipinski definition) is 3. The van der Waals surface area contributed by atoms with Crippen LogP contribution in [0.5, 0.6) is 11.6 Å². The van der Waals surface area contributed by atoms with Crippen LogP contribution in [0.15, 0.2) is 36.4 Å². The van der Waals surface area contributed by atoms with Crippen molar-refractivity contribution in [2.45, 2.75) is 19.9 Å². The summed E-state index contributed by atoms with van der Waals surface area (Å²) in [4.78, 5) is 4.26. The van der Waals surface area contributed by atoms with Crippen LogP contribution in [0, 0.1) is 0 Å². The first-order valence-electron chi connectivity index (χ1n) is 5.85. The Morgan fingerprint density at radius 2 is 2.11 bits per heavy atom. The first kappa shape index (κ1) is 12.9. The molecule has 0 fully saturated rings. The van der Waals surface area contributed by atoms with Gasteiger partial charge in [-0.15, -0.1) is 0 Å². The molecule has 0 aliphatic carbocycles. The number of ether oxygens (including phenoxy) is 1. The predicted molar refractivity (Wildman–Crippen MR) is 73.0 cm³/mol. The Labute approximate surface area is 112 Å². The fourth-order valence-corrected chi connectivity index (χ4v) is 1.80.